The highest BCUT2D eigenvalue weighted by atomic mass is 16.5. The summed E-state index contributed by atoms with van der Waals surface area (Å²) >= 11 is 0. The minimum atomic E-state index is 0.195. The van der Waals surface area contributed by atoms with Crippen LogP contribution in [0.25, 0.3) is 0 Å². The van der Waals surface area contributed by atoms with E-state index in [0.717, 1.165) is 43.4 Å². The summed E-state index contributed by atoms with van der Waals surface area (Å²) in [7, 11) is 0. The maximum Gasteiger partial charge on any atom is 0.228 e. The van der Waals surface area contributed by atoms with Crippen LogP contribution in [-0.4, -0.2) is 22.7 Å². The van der Waals surface area contributed by atoms with Crippen LogP contribution in [-0.2, 0) is 12.8 Å². The molecule has 0 spiro atoms. The second-order valence-electron chi connectivity index (χ2n) is 6.83. The largest absolute Gasteiger partial charge is 0.339 e. The van der Waals surface area contributed by atoms with Crippen LogP contribution < -0.4 is 5.32 Å². The molecule has 1 N–H and O–H groups in total. The topological polar surface area (TPSA) is 51.0 Å². The molecule has 1 saturated carbocycles. The maximum absolute atomic E-state index is 5.40. The van der Waals surface area contributed by atoms with Gasteiger partial charge < -0.3 is 9.84 Å². The molecule has 0 amide bonds. The van der Waals surface area contributed by atoms with Crippen LogP contribution in [0.1, 0.15) is 58.7 Å². The van der Waals surface area contributed by atoms with Crippen LogP contribution in [0.15, 0.2) is 4.52 Å². The lowest BCUT2D eigenvalue weighted by Crippen LogP contribution is -2.42. The molecule has 1 aromatic rings. The first-order valence-electron chi connectivity index (χ1n) is 7.54. The van der Waals surface area contributed by atoms with Crippen molar-refractivity contribution in [2.75, 3.05) is 6.54 Å². The Morgan fingerprint density at radius 1 is 1.37 bits per heavy atom. The van der Waals surface area contributed by atoms with Crippen molar-refractivity contribution < 1.29 is 4.52 Å². The Balaban J connectivity index is 1.93. The van der Waals surface area contributed by atoms with E-state index < -0.39 is 0 Å². The van der Waals surface area contributed by atoms with Crippen molar-refractivity contribution in [1.82, 2.24) is 15.5 Å². The van der Waals surface area contributed by atoms with Gasteiger partial charge >= 0.3 is 0 Å². The Morgan fingerprint density at radius 3 is 2.68 bits per heavy atom. The first-order valence-corrected chi connectivity index (χ1v) is 7.54. The van der Waals surface area contributed by atoms with E-state index in [1.165, 1.54) is 12.8 Å². The number of nitrogens with zero attached hydrogens (tertiary/aromatic N) is 2. The van der Waals surface area contributed by atoms with Gasteiger partial charge in [-0.25, -0.2) is 0 Å². The van der Waals surface area contributed by atoms with E-state index in [9.17, 15) is 0 Å². The minimum absolute atomic E-state index is 0.195. The summed E-state index contributed by atoms with van der Waals surface area (Å²) in [6.07, 6.45) is 5.61. The van der Waals surface area contributed by atoms with Crippen molar-refractivity contribution in [2.45, 2.75) is 65.8 Å². The van der Waals surface area contributed by atoms with Crippen LogP contribution in [0.5, 0.6) is 0 Å². The molecule has 1 aromatic heterocycles. The summed E-state index contributed by atoms with van der Waals surface area (Å²) in [6, 6.07) is 0.377. The lowest BCUT2D eigenvalue weighted by Gasteiger charge is -2.30. The fourth-order valence-electron chi connectivity index (χ4n) is 2.21. The Labute approximate surface area is 116 Å². The van der Waals surface area contributed by atoms with Gasteiger partial charge in [0.1, 0.15) is 0 Å². The summed E-state index contributed by atoms with van der Waals surface area (Å²) in [5.41, 5.74) is 0.195. The number of nitrogens with one attached hydrogen (secondary N) is 1. The molecule has 1 aliphatic carbocycles. The Hall–Kier alpha value is -0.900. The monoisotopic (exact) mass is 265 g/mol. The van der Waals surface area contributed by atoms with E-state index in [1.54, 1.807) is 0 Å². The third kappa shape index (κ3) is 4.60. The molecule has 4 nitrogen and oxygen atoms in total. The average Bonchev–Trinajstić information content (AvgIpc) is 3.02. The van der Waals surface area contributed by atoms with E-state index in [-0.39, 0.29) is 5.41 Å². The van der Waals surface area contributed by atoms with Crippen molar-refractivity contribution in [3.05, 3.63) is 11.7 Å². The maximum atomic E-state index is 5.40. The fraction of sp³-hybridized carbons (Fsp3) is 0.867. The third-order valence-corrected chi connectivity index (χ3v) is 3.74. The van der Waals surface area contributed by atoms with Crippen LogP contribution in [0.3, 0.4) is 0 Å². The van der Waals surface area contributed by atoms with Crippen molar-refractivity contribution in [1.29, 1.82) is 0 Å². The molecule has 1 fully saturated rings. The zero-order valence-corrected chi connectivity index (χ0v) is 12.7. The molecule has 0 radical (unpaired) electrons. The normalized spacial score (nSPS) is 17.7. The summed E-state index contributed by atoms with van der Waals surface area (Å²) in [4.78, 5) is 4.53. The molecule has 1 atom stereocenters. The number of hydrogen-bond acceptors (Lipinski definition) is 4. The van der Waals surface area contributed by atoms with Crippen LogP contribution >= 0.6 is 0 Å². The van der Waals surface area contributed by atoms with Gasteiger partial charge in [0.2, 0.25) is 5.89 Å². The van der Waals surface area contributed by atoms with E-state index in [2.05, 4.69) is 43.2 Å². The summed E-state index contributed by atoms with van der Waals surface area (Å²) < 4.78 is 5.40. The van der Waals surface area contributed by atoms with Crippen molar-refractivity contribution >= 4 is 0 Å². The molecule has 2 rings (SSSR count). The van der Waals surface area contributed by atoms with Crippen molar-refractivity contribution in [3.8, 4) is 0 Å². The molecule has 0 bridgehead atoms. The predicted octanol–water partition coefficient (Wildman–Crippen LogP) is 2.98. The van der Waals surface area contributed by atoms with Gasteiger partial charge in [-0.2, -0.15) is 4.98 Å². The quantitative estimate of drug-likeness (QED) is 0.823. The Bertz CT molecular complexity index is 390. The molecular weight excluding hydrogens is 238 g/mol. The van der Waals surface area contributed by atoms with E-state index in [1.807, 2.05) is 0 Å². The van der Waals surface area contributed by atoms with E-state index in [4.69, 9.17) is 4.52 Å². The SMILES string of the molecule is CCCNC(Cc1nc(CC2CC2)no1)C(C)(C)C. The second kappa shape index (κ2) is 6.04. The van der Waals surface area contributed by atoms with Crippen molar-refractivity contribution in [3.63, 3.8) is 0 Å². The summed E-state index contributed by atoms with van der Waals surface area (Å²) in [5, 5.41) is 7.69. The molecule has 108 valence electrons. The highest BCUT2D eigenvalue weighted by Gasteiger charge is 2.27. The summed E-state index contributed by atoms with van der Waals surface area (Å²) in [6.45, 7) is 9.98. The molecule has 1 aliphatic rings. The molecule has 4 heteroatoms. The number of rotatable bonds is 7. The zero-order valence-electron chi connectivity index (χ0n) is 12.7. The smallest absolute Gasteiger partial charge is 0.228 e. The first kappa shape index (κ1) is 14.5. The van der Waals surface area contributed by atoms with E-state index in [0.29, 0.717) is 6.04 Å². The standard InChI is InChI=1S/C15H27N3O/c1-5-8-16-12(15(2,3)4)10-14-17-13(18-19-14)9-11-6-7-11/h11-12,16H,5-10H2,1-4H3. The molecule has 0 saturated heterocycles. The van der Waals surface area contributed by atoms with Gasteiger partial charge in [-0.15, -0.1) is 0 Å². The molecule has 0 aliphatic heterocycles. The molecular formula is C15H27N3O. The highest BCUT2D eigenvalue weighted by molar-refractivity contribution is 4.95. The predicted molar refractivity (Wildman–Crippen MR) is 76.0 cm³/mol. The lowest BCUT2D eigenvalue weighted by atomic mass is 9.84. The first-order chi connectivity index (χ1) is 8.99. The molecule has 1 unspecified atom stereocenters. The lowest BCUT2D eigenvalue weighted by molar-refractivity contribution is 0.244. The molecule has 19 heavy (non-hydrogen) atoms. The second-order valence-corrected chi connectivity index (χ2v) is 6.83. The third-order valence-electron chi connectivity index (χ3n) is 3.74. The van der Waals surface area contributed by atoms with Crippen molar-refractivity contribution in [2.24, 2.45) is 11.3 Å². The number of aromatic nitrogens is 2. The van der Waals surface area contributed by atoms with Crippen LogP contribution in [0.4, 0.5) is 0 Å². The zero-order chi connectivity index (χ0) is 13.9. The highest BCUT2D eigenvalue weighted by Crippen LogP contribution is 2.31. The van der Waals surface area contributed by atoms with Crippen LogP contribution in [0, 0.1) is 11.3 Å². The van der Waals surface area contributed by atoms with E-state index >= 15 is 0 Å². The van der Waals surface area contributed by atoms with Gasteiger partial charge in [0.25, 0.3) is 0 Å². The molecule has 1 heterocycles. The van der Waals surface area contributed by atoms with Gasteiger partial charge in [-0.3, -0.25) is 0 Å². The summed E-state index contributed by atoms with van der Waals surface area (Å²) in [5.74, 6) is 2.47. The number of hydrogen-bond donors (Lipinski definition) is 1. The fourth-order valence-corrected chi connectivity index (χ4v) is 2.21. The minimum Gasteiger partial charge on any atom is -0.339 e. The van der Waals surface area contributed by atoms with Gasteiger partial charge in [0, 0.05) is 18.9 Å². The Morgan fingerprint density at radius 2 is 2.11 bits per heavy atom. The molecule has 0 aromatic carbocycles. The Kier molecular flexibility index (Phi) is 4.61. The van der Waals surface area contributed by atoms with Crippen LogP contribution in [0.2, 0.25) is 0 Å². The van der Waals surface area contributed by atoms with Gasteiger partial charge in [-0.05, 0) is 37.1 Å². The average molecular weight is 265 g/mol. The van der Waals surface area contributed by atoms with Gasteiger partial charge in [0.05, 0.1) is 0 Å². The van der Waals surface area contributed by atoms with Gasteiger partial charge in [0.15, 0.2) is 5.82 Å². The van der Waals surface area contributed by atoms with Gasteiger partial charge in [-0.1, -0.05) is 32.9 Å².